The van der Waals surface area contributed by atoms with Gasteiger partial charge in [0.1, 0.15) is 0 Å². The second kappa shape index (κ2) is 3.30. The molecule has 0 heterocycles. The van der Waals surface area contributed by atoms with Crippen molar-refractivity contribution in [3.63, 3.8) is 0 Å². The van der Waals surface area contributed by atoms with E-state index in [1.807, 2.05) is 26.8 Å². The molecule has 0 rings (SSSR count). The molecule has 1 nitrogen and oxygen atoms in total. The molecule has 0 bridgehead atoms. The van der Waals surface area contributed by atoms with E-state index in [-0.39, 0.29) is 0 Å². The molecule has 0 aromatic rings. The maximum absolute atomic E-state index is 3.69. The van der Waals surface area contributed by atoms with E-state index in [1.165, 1.54) is 0 Å². The summed E-state index contributed by atoms with van der Waals surface area (Å²) in [5.74, 6) is 0. The lowest BCUT2D eigenvalue weighted by molar-refractivity contribution is 0.970. The van der Waals surface area contributed by atoms with Crippen molar-refractivity contribution in [2.24, 2.45) is 0 Å². The third-order valence-corrected chi connectivity index (χ3v) is 0.844. The number of nitrogens with one attached hydrogen (secondary N) is 1. The molecular formula is C7H13N. The average molecular weight is 111 g/mol. The standard InChI is InChI=1S/C7H13N/c1-5-7(4)8-6(2)3/h5,8H,2H2,1,3-4H3/b7-5+. The van der Waals surface area contributed by atoms with Crippen molar-refractivity contribution >= 4 is 0 Å². The Hall–Kier alpha value is -0.720. The molecule has 8 heavy (non-hydrogen) atoms. The Labute approximate surface area is 51.1 Å². The molecular weight excluding hydrogens is 98.1 g/mol. The van der Waals surface area contributed by atoms with Crippen LogP contribution >= 0.6 is 0 Å². The molecule has 0 aliphatic carbocycles. The van der Waals surface area contributed by atoms with Crippen LogP contribution in [0.2, 0.25) is 0 Å². The Balaban J connectivity index is 3.56. The van der Waals surface area contributed by atoms with Crippen molar-refractivity contribution in [3.8, 4) is 0 Å². The van der Waals surface area contributed by atoms with Crippen LogP contribution in [0.15, 0.2) is 24.0 Å². The molecule has 46 valence electrons. The minimum absolute atomic E-state index is 0.987. The van der Waals surface area contributed by atoms with Crippen LogP contribution in [0.1, 0.15) is 20.8 Å². The summed E-state index contributed by atoms with van der Waals surface area (Å²) in [6, 6.07) is 0. The summed E-state index contributed by atoms with van der Waals surface area (Å²) in [4.78, 5) is 0. The van der Waals surface area contributed by atoms with E-state index in [0.29, 0.717) is 0 Å². The first-order chi connectivity index (χ1) is 3.66. The zero-order valence-corrected chi connectivity index (χ0v) is 5.78. The van der Waals surface area contributed by atoms with Gasteiger partial charge in [-0.05, 0) is 20.8 Å². The van der Waals surface area contributed by atoms with Crippen LogP contribution in [0.25, 0.3) is 0 Å². The predicted molar refractivity (Wildman–Crippen MR) is 37.4 cm³/mol. The molecule has 0 radical (unpaired) electrons. The van der Waals surface area contributed by atoms with Crippen LogP contribution in [0, 0.1) is 0 Å². The van der Waals surface area contributed by atoms with Gasteiger partial charge in [-0.25, -0.2) is 0 Å². The van der Waals surface area contributed by atoms with E-state index < -0.39 is 0 Å². The van der Waals surface area contributed by atoms with E-state index in [9.17, 15) is 0 Å². The number of rotatable bonds is 2. The molecule has 0 fully saturated rings. The maximum Gasteiger partial charge on any atom is 0.00735 e. The van der Waals surface area contributed by atoms with E-state index in [2.05, 4.69) is 11.9 Å². The summed E-state index contributed by atoms with van der Waals surface area (Å²) < 4.78 is 0. The summed E-state index contributed by atoms with van der Waals surface area (Å²) >= 11 is 0. The fraction of sp³-hybridized carbons (Fsp3) is 0.429. The fourth-order valence-electron chi connectivity index (χ4n) is 0.409. The van der Waals surface area contributed by atoms with E-state index in [0.717, 1.165) is 11.4 Å². The van der Waals surface area contributed by atoms with Gasteiger partial charge in [-0.15, -0.1) is 0 Å². The van der Waals surface area contributed by atoms with E-state index in [4.69, 9.17) is 0 Å². The topological polar surface area (TPSA) is 12.0 Å². The first-order valence-electron chi connectivity index (χ1n) is 2.72. The molecule has 0 saturated carbocycles. The molecule has 0 aromatic carbocycles. The van der Waals surface area contributed by atoms with Crippen molar-refractivity contribution in [1.29, 1.82) is 0 Å². The van der Waals surface area contributed by atoms with Gasteiger partial charge in [0.25, 0.3) is 0 Å². The largest absolute Gasteiger partial charge is 0.364 e. The summed E-state index contributed by atoms with van der Waals surface area (Å²) in [5.41, 5.74) is 2.14. The lowest BCUT2D eigenvalue weighted by Crippen LogP contribution is -2.05. The van der Waals surface area contributed by atoms with Crippen molar-refractivity contribution < 1.29 is 0 Å². The first-order valence-corrected chi connectivity index (χ1v) is 2.72. The lowest BCUT2D eigenvalue weighted by atomic mass is 10.4. The molecule has 0 unspecified atom stereocenters. The Morgan fingerprint density at radius 3 is 2.12 bits per heavy atom. The van der Waals surface area contributed by atoms with Crippen molar-refractivity contribution in [2.45, 2.75) is 20.8 Å². The van der Waals surface area contributed by atoms with Crippen LogP contribution < -0.4 is 5.32 Å². The number of hydrogen-bond donors (Lipinski definition) is 1. The van der Waals surface area contributed by atoms with Gasteiger partial charge < -0.3 is 5.32 Å². The highest BCUT2D eigenvalue weighted by Gasteiger charge is 1.81. The summed E-state index contributed by atoms with van der Waals surface area (Å²) in [7, 11) is 0. The van der Waals surface area contributed by atoms with Crippen LogP contribution in [0.5, 0.6) is 0 Å². The van der Waals surface area contributed by atoms with E-state index >= 15 is 0 Å². The zero-order chi connectivity index (χ0) is 6.57. The summed E-state index contributed by atoms with van der Waals surface area (Å²) in [6.07, 6.45) is 2.01. The Morgan fingerprint density at radius 2 is 2.00 bits per heavy atom. The van der Waals surface area contributed by atoms with Gasteiger partial charge in [0.2, 0.25) is 0 Å². The van der Waals surface area contributed by atoms with Gasteiger partial charge in [0, 0.05) is 11.4 Å². The van der Waals surface area contributed by atoms with Crippen molar-refractivity contribution in [1.82, 2.24) is 5.32 Å². The number of allylic oxidation sites excluding steroid dienone is 3. The third kappa shape index (κ3) is 3.47. The van der Waals surface area contributed by atoms with Gasteiger partial charge in [0.15, 0.2) is 0 Å². The molecule has 0 aliphatic rings. The van der Waals surface area contributed by atoms with Gasteiger partial charge >= 0.3 is 0 Å². The SMILES string of the molecule is C=C(C)N/C(C)=C/C. The normalized spacial score (nSPS) is 11.1. The molecule has 1 heteroatoms. The van der Waals surface area contributed by atoms with Crippen LogP contribution in [0.3, 0.4) is 0 Å². The Bertz CT molecular complexity index is 112. The van der Waals surface area contributed by atoms with Crippen molar-refractivity contribution in [2.75, 3.05) is 0 Å². The summed E-state index contributed by atoms with van der Waals surface area (Å²) in [6.45, 7) is 9.63. The average Bonchev–Trinajstić information content (AvgIpc) is 1.65. The molecule has 0 amide bonds. The second-order valence-corrected chi connectivity index (χ2v) is 1.88. The van der Waals surface area contributed by atoms with Crippen LogP contribution in [-0.4, -0.2) is 0 Å². The van der Waals surface area contributed by atoms with Gasteiger partial charge in [0.05, 0.1) is 0 Å². The number of hydrogen-bond acceptors (Lipinski definition) is 1. The minimum atomic E-state index is 0.987. The quantitative estimate of drug-likeness (QED) is 0.575. The van der Waals surface area contributed by atoms with Gasteiger partial charge in [-0.2, -0.15) is 0 Å². The highest BCUT2D eigenvalue weighted by atomic mass is 14.9. The maximum atomic E-state index is 3.69. The minimum Gasteiger partial charge on any atom is -0.364 e. The van der Waals surface area contributed by atoms with Gasteiger partial charge in [-0.3, -0.25) is 0 Å². The van der Waals surface area contributed by atoms with Crippen LogP contribution in [0.4, 0.5) is 0 Å². The highest BCUT2D eigenvalue weighted by molar-refractivity contribution is 5.02. The highest BCUT2D eigenvalue weighted by Crippen LogP contribution is 1.88. The van der Waals surface area contributed by atoms with Gasteiger partial charge in [-0.1, -0.05) is 12.7 Å². The third-order valence-electron chi connectivity index (χ3n) is 0.844. The van der Waals surface area contributed by atoms with Crippen LogP contribution in [-0.2, 0) is 0 Å². The second-order valence-electron chi connectivity index (χ2n) is 1.88. The predicted octanol–water partition coefficient (Wildman–Crippen LogP) is 2.03. The fourth-order valence-corrected chi connectivity index (χ4v) is 0.409. The molecule has 0 atom stereocenters. The lowest BCUT2D eigenvalue weighted by Gasteiger charge is -2.01. The molecule has 0 aliphatic heterocycles. The first kappa shape index (κ1) is 7.28. The Kier molecular flexibility index (Phi) is 3.01. The monoisotopic (exact) mass is 111 g/mol. The van der Waals surface area contributed by atoms with Crippen molar-refractivity contribution in [3.05, 3.63) is 24.0 Å². The Morgan fingerprint density at radius 1 is 1.50 bits per heavy atom. The molecule has 0 aromatic heterocycles. The molecule has 0 spiro atoms. The summed E-state index contributed by atoms with van der Waals surface area (Å²) in [5, 5.41) is 3.06. The zero-order valence-electron chi connectivity index (χ0n) is 5.78. The molecule has 1 N–H and O–H groups in total. The smallest absolute Gasteiger partial charge is 0.00735 e. The van der Waals surface area contributed by atoms with E-state index in [1.54, 1.807) is 0 Å². The molecule has 0 saturated heterocycles.